The zero-order valence-corrected chi connectivity index (χ0v) is 14.0. The number of anilines is 1. The maximum atomic E-state index is 5.95. The number of hydrogen-bond donors (Lipinski definition) is 1. The van der Waals surface area contributed by atoms with Crippen LogP contribution in [0.3, 0.4) is 0 Å². The van der Waals surface area contributed by atoms with Gasteiger partial charge in [-0.3, -0.25) is 0 Å². The number of pyridine rings is 1. The molecule has 1 atom stereocenters. The summed E-state index contributed by atoms with van der Waals surface area (Å²) in [6.07, 6.45) is 4.45. The Hall–Kier alpha value is -2.73. The van der Waals surface area contributed by atoms with Crippen LogP contribution in [-0.4, -0.2) is 34.3 Å². The number of aryl methyl sites for hydroxylation is 2. The third-order valence-corrected chi connectivity index (χ3v) is 4.49. The Morgan fingerprint density at radius 1 is 1.12 bits per heavy atom. The Kier molecular flexibility index (Phi) is 4.43. The minimum absolute atomic E-state index is 0.240. The summed E-state index contributed by atoms with van der Waals surface area (Å²) in [6.45, 7) is 1.81. The number of benzene rings is 1. The number of hydrogen-bond acceptors (Lipinski definition) is 6. The van der Waals surface area contributed by atoms with Crippen molar-refractivity contribution in [1.82, 2.24) is 15.1 Å². The second-order valence-electron chi connectivity index (χ2n) is 6.40. The molecule has 0 saturated carbocycles. The van der Waals surface area contributed by atoms with Crippen molar-refractivity contribution in [3.63, 3.8) is 0 Å². The summed E-state index contributed by atoms with van der Waals surface area (Å²) in [6, 6.07) is 14.5. The van der Waals surface area contributed by atoms with Crippen molar-refractivity contribution >= 4 is 5.82 Å². The maximum Gasteiger partial charge on any atom is 0.259 e. The molecular formula is C19H21N5O. The van der Waals surface area contributed by atoms with Gasteiger partial charge >= 0.3 is 0 Å². The quantitative estimate of drug-likeness (QED) is 0.771. The molecule has 6 heteroatoms. The zero-order chi connectivity index (χ0) is 17.1. The molecule has 0 aliphatic carbocycles. The van der Waals surface area contributed by atoms with E-state index in [9.17, 15) is 0 Å². The highest BCUT2D eigenvalue weighted by Crippen LogP contribution is 2.22. The fourth-order valence-corrected chi connectivity index (χ4v) is 3.07. The first-order valence-electron chi connectivity index (χ1n) is 8.61. The summed E-state index contributed by atoms with van der Waals surface area (Å²) in [4.78, 5) is 11.2. The summed E-state index contributed by atoms with van der Waals surface area (Å²) < 4.78 is 5.39. The standard InChI is InChI=1S/C19H21N5O/c20-16-10-11-24(13-16)18-9-7-15(12-21-18)19-22-17(23-25-19)8-6-14-4-2-1-3-5-14/h1-5,7,9,12,16H,6,8,10-11,13,20H2/t16-/m0/s1. The molecule has 128 valence electrons. The smallest absolute Gasteiger partial charge is 0.259 e. The van der Waals surface area contributed by atoms with Crippen LogP contribution in [0.25, 0.3) is 11.5 Å². The highest BCUT2D eigenvalue weighted by molar-refractivity contribution is 5.55. The van der Waals surface area contributed by atoms with E-state index in [0.29, 0.717) is 11.7 Å². The van der Waals surface area contributed by atoms with E-state index in [-0.39, 0.29) is 6.04 Å². The van der Waals surface area contributed by atoms with Crippen LogP contribution in [0.2, 0.25) is 0 Å². The molecule has 6 nitrogen and oxygen atoms in total. The van der Waals surface area contributed by atoms with Gasteiger partial charge in [-0.15, -0.1) is 0 Å². The van der Waals surface area contributed by atoms with Gasteiger partial charge in [0.15, 0.2) is 5.82 Å². The summed E-state index contributed by atoms with van der Waals surface area (Å²) >= 11 is 0. The van der Waals surface area contributed by atoms with Gasteiger partial charge in [0.25, 0.3) is 5.89 Å². The number of nitrogens with two attached hydrogens (primary N) is 1. The molecule has 1 saturated heterocycles. The highest BCUT2D eigenvalue weighted by Gasteiger charge is 2.20. The van der Waals surface area contributed by atoms with Crippen molar-refractivity contribution in [2.45, 2.75) is 25.3 Å². The third kappa shape index (κ3) is 3.69. The molecule has 3 aromatic rings. The minimum Gasteiger partial charge on any atom is -0.355 e. The Morgan fingerprint density at radius 2 is 2.00 bits per heavy atom. The largest absolute Gasteiger partial charge is 0.355 e. The van der Waals surface area contributed by atoms with Gasteiger partial charge in [0.1, 0.15) is 5.82 Å². The summed E-state index contributed by atoms with van der Waals surface area (Å²) in [5.41, 5.74) is 8.06. The second kappa shape index (κ2) is 7.03. The van der Waals surface area contributed by atoms with E-state index in [1.807, 2.05) is 30.3 Å². The Morgan fingerprint density at radius 3 is 2.72 bits per heavy atom. The van der Waals surface area contributed by atoms with Crippen LogP contribution in [0.1, 0.15) is 17.8 Å². The van der Waals surface area contributed by atoms with Gasteiger partial charge < -0.3 is 15.2 Å². The Labute approximate surface area is 146 Å². The molecule has 4 rings (SSSR count). The van der Waals surface area contributed by atoms with Crippen LogP contribution in [0, 0.1) is 0 Å². The van der Waals surface area contributed by atoms with E-state index in [1.54, 1.807) is 6.20 Å². The molecule has 3 heterocycles. The summed E-state index contributed by atoms with van der Waals surface area (Å²) in [5.74, 6) is 2.18. The monoisotopic (exact) mass is 335 g/mol. The predicted molar refractivity (Wildman–Crippen MR) is 96.2 cm³/mol. The normalized spacial score (nSPS) is 17.2. The second-order valence-corrected chi connectivity index (χ2v) is 6.40. The van der Waals surface area contributed by atoms with Crippen molar-refractivity contribution in [2.75, 3.05) is 18.0 Å². The van der Waals surface area contributed by atoms with Gasteiger partial charge in [0, 0.05) is 31.7 Å². The van der Waals surface area contributed by atoms with Crippen molar-refractivity contribution in [2.24, 2.45) is 5.73 Å². The SMILES string of the molecule is N[C@H]1CCN(c2ccc(-c3nc(CCc4ccccc4)no3)cn2)C1. The van der Waals surface area contributed by atoms with E-state index < -0.39 is 0 Å². The first-order chi connectivity index (χ1) is 12.3. The number of rotatable bonds is 5. The molecule has 1 fully saturated rings. The molecule has 25 heavy (non-hydrogen) atoms. The zero-order valence-electron chi connectivity index (χ0n) is 14.0. The molecule has 1 aliphatic heterocycles. The van der Waals surface area contributed by atoms with Crippen LogP contribution in [-0.2, 0) is 12.8 Å². The molecule has 2 aromatic heterocycles. The lowest BCUT2D eigenvalue weighted by Gasteiger charge is -2.16. The molecule has 0 bridgehead atoms. The van der Waals surface area contributed by atoms with Gasteiger partial charge in [-0.25, -0.2) is 4.98 Å². The molecule has 0 spiro atoms. The lowest BCUT2D eigenvalue weighted by atomic mass is 10.1. The fourth-order valence-electron chi connectivity index (χ4n) is 3.07. The van der Waals surface area contributed by atoms with Gasteiger partial charge in [0.05, 0.1) is 5.56 Å². The van der Waals surface area contributed by atoms with Crippen LogP contribution >= 0.6 is 0 Å². The van der Waals surface area contributed by atoms with E-state index in [1.165, 1.54) is 5.56 Å². The van der Waals surface area contributed by atoms with Gasteiger partial charge in [-0.05, 0) is 30.5 Å². The first kappa shape index (κ1) is 15.8. The topological polar surface area (TPSA) is 81.1 Å². The van der Waals surface area contributed by atoms with E-state index in [0.717, 1.165) is 43.7 Å². The van der Waals surface area contributed by atoms with E-state index in [4.69, 9.17) is 10.3 Å². The van der Waals surface area contributed by atoms with Crippen molar-refractivity contribution in [3.05, 3.63) is 60.0 Å². The molecule has 1 aromatic carbocycles. The Bertz CT molecular complexity index is 815. The number of aromatic nitrogens is 3. The van der Waals surface area contributed by atoms with Gasteiger partial charge in [0.2, 0.25) is 0 Å². The van der Waals surface area contributed by atoms with Crippen molar-refractivity contribution < 1.29 is 4.52 Å². The molecule has 1 aliphatic rings. The molecule has 0 amide bonds. The molecule has 0 radical (unpaired) electrons. The van der Waals surface area contributed by atoms with Crippen LogP contribution in [0.15, 0.2) is 53.2 Å². The van der Waals surface area contributed by atoms with E-state index >= 15 is 0 Å². The van der Waals surface area contributed by atoms with Crippen LogP contribution in [0.4, 0.5) is 5.82 Å². The van der Waals surface area contributed by atoms with Crippen LogP contribution in [0.5, 0.6) is 0 Å². The highest BCUT2D eigenvalue weighted by atomic mass is 16.5. The minimum atomic E-state index is 0.240. The maximum absolute atomic E-state index is 5.95. The Balaban J connectivity index is 1.41. The average Bonchev–Trinajstić information content (AvgIpc) is 3.30. The van der Waals surface area contributed by atoms with Crippen LogP contribution < -0.4 is 10.6 Å². The molecule has 0 unspecified atom stereocenters. The van der Waals surface area contributed by atoms with Crippen molar-refractivity contribution in [1.29, 1.82) is 0 Å². The van der Waals surface area contributed by atoms with Crippen molar-refractivity contribution in [3.8, 4) is 11.5 Å². The predicted octanol–water partition coefficient (Wildman–Crippen LogP) is 2.45. The lowest BCUT2D eigenvalue weighted by Crippen LogP contribution is -2.26. The van der Waals surface area contributed by atoms with Gasteiger partial charge in [-0.2, -0.15) is 4.98 Å². The lowest BCUT2D eigenvalue weighted by molar-refractivity contribution is 0.422. The third-order valence-electron chi connectivity index (χ3n) is 4.49. The summed E-state index contributed by atoms with van der Waals surface area (Å²) in [5, 5.41) is 4.08. The van der Waals surface area contributed by atoms with Gasteiger partial charge in [-0.1, -0.05) is 35.5 Å². The average molecular weight is 335 g/mol. The molecular weight excluding hydrogens is 314 g/mol. The molecule has 2 N–H and O–H groups in total. The first-order valence-corrected chi connectivity index (χ1v) is 8.61. The van der Waals surface area contributed by atoms with E-state index in [2.05, 4.69) is 32.2 Å². The summed E-state index contributed by atoms with van der Waals surface area (Å²) in [7, 11) is 0. The number of nitrogens with zero attached hydrogens (tertiary/aromatic N) is 4. The fraction of sp³-hybridized carbons (Fsp3) is 0.316.